The number of amides is 1. The van der Waals surface area contributed by atoms with Crippen LogP contribution in [0.2, 0.25) is 0 Å². The monoisotopic (exact) mass is 287 g/mol. The van der Waals surface area contributed by atoms with Crippen molar-refractivity contribution in [2.24, 2.45) is 17.1 Å². The fourth-order valence-electron chi connectivity index (χ4n) is 1.98. The summed E-state index contributed by atoms with van der Waals surface area (Å²) in [5.41, 5.74) is 4.97. The van der Waals surface area contributed by atoms with Gasteiger partial charge in [0.1, 0.15) is 0 Å². The molecule has 0 radical (unpaired) electrons. The first-order valence-corrected chi connectivity index (χ1v) is 7.29. The van der Waals surface area contributed by atoms with E-state index in [9.17, 15) is 4.79 Å². The number of nitrogens with two attached hydrogens (primary N) is 1. The van der Waals surface area contributed by atoms with Crippen LogP contribution in [0, 0.1) is 11.3 Å². The topological polar surface area (TPSA) is 58.4 Å². The highest BCUT2D eigenvalue weighted by molar-refractivity contribution is 7.80. The molecule has 0 saturated carbocycles. The molecule has 112 valence electrons. The Balaban J connectivity index is 4.82. The van der Waals surface area contributed by atoms with Gasteiger partial charge in [-0.2, -0.15) is 0 Å². The largest absolute Gasteiger partial charge is 0.392 e. The molecular formula is C14H29N3OS. The lowest BCUT2D eigenvalue weighted by molar-refractivity contribution is -0.127. The van der Waals surface area contributed by atoms with E-state index in [-0.39, 0.29) is 16.9 Å². The van der Waals surface area contributed by atoms with E-state index < -0.39 is 5.41 Å². The van der Waals surface area contributed by atoms with E-state index in [2.05, 4.69) is 24.1 Å². The van der Waals surface area contributed by atoms with Crippen LogP contribution in [0.1, 0.15) is 40.5 Å². The quantitative estimate of drug-likeness (QED) is 0.668. The molecule has 19 heavy (non-hydrogen) atoms. The Labute approximate surface area is 123 Å². The summed E-state index contributed by atoms with van der Waals surface area (Å²) in [6, 6.07) is 0.128. The molecule has 1 amide bonds. The number of carbonyl (C=O) groups excluding carboxylic acids is 1. The molecule has 0 aromatic heterocycles. The zero-order chi connectivity index (χ0) is 15.2. The molecule has 0 aromatic carbocycles. The molecule has 0 bridgehead atoms. The molecule has 2 unspecified atom stereocenters. The van der Waals surface area contributed by atoms with E-state index in [1.165, 1.54) is 0 Å². The Bertz CT molecular complexity index is 308. The van der Waals surface area contributed by atoms with Crippen molar-refractivity contribution in [2.45, 2.75) is 46.6 Å². The van der Waals surface area contributed by atoms with E-state index in [1.807, 2.05) is 27.9 Å². The second-order valence-corrected chi connectivity index (χ2v) is 6.55. The van der Waals surface area contributed by atoms with E-state index >= 15 is 0 Å². The lowest BCUT2D eigenvalue weighted by Crippen LogP contribution is -2.52. The molecule has 0 aliphatic heterocycles. The molecule has 0 heterocycles. The summed E-state index contributed by atoms with van der Waals surface area (Å²) in [5, 5.41) is 3.10. The normalized spacial score (nSPS) is 16.2. The second kappa shape index (κ2) is 7.80. The van der Waals surface area contributed by atoms with Gasteiger partial charge in [-0.25, -0.2) is 0 Å². The summed E-state index contributed by atoms with van der Waals surface area (Å²) in [4.78, 5) is 14.8. The first-order chi connectivity index (χ1) is 8.63. The highest BCUT2D eigenvalue weighted by Crippen LogP contribution is 2.22. The third kappa shape index (κ3) is 5.87. The molecule has 4 nitrogen and oxygen atoms in total. The zero-order valence-electron chi connectivity index (χ0n) is 13.1. The molecule has 0 spiro atoms. The summed E-state index contributed by atoms with van der Waals surface area (Å²) in [6.45, 7) is 8.87. The third-order valence-electron chi connectivity index (χ3n) is 3.43. The van der Waals surface area contributed by atoms with Gasteiger partial charge < -0.3 is 16.0 Å². The van der Waals surface area contributed by atoms with Gasteiger partial charge >= 0.3 is 0 Å². The van der Waals surface area contributed by atoms with Crippen LogP contribution in [0.25, 0.3) is 0 Å². The fourth-order valence-corrected chi connectivity index (χ4v) is 2.22. The van der Waals surface area contributed by atoms with Crippen LogP contribution in [0.5, 0.6) is 0 Å². The molecule has 0 fully saturated rings. The van der Waals surface area contributed by atoms with Gasteiger partial charge in [0, 0.05) is 12.6 Å². The molecule has 2 atom stereocenters. The standard InChI is InChI=1S/C14H29N3OS/c1-7-14(4,12(15)19)13(18)16-11(8-10(2)3)9-17(5)6/h10-11H,7-9H2,1-6H3,(H2,15,19)(H,16,18). The van der Waals surface area contributed by atoms with E-state index in [0.717, 1.165) is 13.0 Å². The van der Waals surface area contributed by atoms with Crippen LogP contribution >= 0.6 is 12.2 Å². The van der Waals surface area contributed by atoms with Crippen molar-refractivity contribution in [3.8, 4) is 0 Å². The average molecular weight is 287 g/mol. The molecule has 0 rings (SSSR count). The molecule has 5 heteroatoms. The molecule has 0 aliphatic carbocycles. The van der Waals surface area contributed by atoms with Gasteiger partial charge in [0.15, 0.2) is 0 Å². The average Bonchev–Trinajstić information content (AvgIpc) is 2.25. The Morgan fingerprint density at radius 3 is 2.26 bits per heavy atom. The van der Waals surface area contributed by atoms with Crippen LogP contribution in [0.4, 0.5) is 0 Å². The molecular weight excluding hydrogens is 258 g/mol. The van der Waals surface area contributed by atoms with Crippen molar-refractivity contribution in [1.82, 2.24) is 10.2 Å². The maximum atomic E-state index is 12.4. The maximum absolute atomic E-state index is 12.4. The number of hydrogen-bond donors (Lipinski definition) is 2. The summed E-state index contributed by atoms with van der Waals surface area (Å²) in [6.07, 6.45) is 1.56. The number of thiocarbonyl (C=S) groups is 1. The van der Waals surface area contributed by atoms with Crippen LogP contribution in [-0.2, 0) is 4.79 Å². The van der Waals surface area contributed by atoms with E-state index in [0.29, 0.717) is 12.3 Å². The van der Waals surface area contributed by atoms with Crippen LogP contribution in [0.15, 0.2) is 0 Å². The Hall–Kier alpha value is -0.680. The number of hydrogen-bond acceptors (Lipinski definition) is 3. The van der Waals surface area contributed by atoms with Crippen LogP contribution in [-0.4, -0.2) is 42.5 Å². The SMILES string of the molecule is CCC(C)(C(=O)NC(CC(C)C)CN(C)C)C(N)=S. The fraction of sp³-hybridized carbons (Fsp3) is 0.857. The highest BCUT2D eigenvalue weighted by atomic mass is 32.1. The maximum Gasteiger partial charge on any atom is 0.233 e. The predicted molar refractivity (Wildman–Crippen MR) is 85.1 cm³/mol. The number of carbonyl (C=O) groups is 1. The summed E-state index contributed by atoms with van der Waals surface area (Å²) in [7, 11) is 4.01. The lowest BCUT2D eigenvalue weighted by atomic mass is 9.86. The van der Waals surface area contributed by atoms with Crippen molar-refractivity contribution < 1.29 is 4.79 Å². The summed E-state index contributed by atoms with van der Waals surface area (Å²) in [5.74, 6) is 0.470. The van der Waals surface area contributed by atoms with E-state index in [4.69, 9.17) is 18.0 Å². The van der Waals surface area contributed by atoms with E-state index in [1.54, 1.807) is 0 Å². The molecule has 0 aromatic rings. The smallest absolute Gasteiger partial charge is 0.233 e. The Morgan fingerprint density at radius 1 is 1.42 bits per heavy atom. The first-order valence-electron chi connectivity index (χ1n) is 6.89. The van der Waals surface area contributed by atoms with Crippen molar-refractivity contribution in [2.75, 3.05) is 20.6 Å². The van der Waals surface area contributed by atoms with Gasteiger partial charge in [0.05, 0.1) is 10.4 Å². The molecule has 0 aliphatic rings. The zero-order valence-corrected chi connectivity index (χ0v) is 13.9. The lowest BCUT2D eigenvalue weighted by Gasteiger charge is -2.30. The molecule has 3 N–H and O–H groups in total. The highest BCUT2D eigenvalue weighted by Gasteiger charge is 2.35. The van der Waals surface area contributed by atoms with Crippen molar-refractivity contribution in [3.05, 3.63) is 0 Å². The van der Waals surface area contributed by atoms with Gasteiger partial charge in [-0.15, -0.1) is 0 Å². The minimum Gasteiger partial charge on any atom is -0.392 e. The number of nitrogens with zero attached hydrogens (tertiary/aromatic N) is 1. The van der Waals surface area contributed by atoms with Crippen LogP contribution in [0.3, 0.4) is 0 Å². The summed E-state index contributed by atoms with van der Waals surface area (Å²) < 4.78 is 0. The van der Waals surface area contributed by atoms with Crippen molar-refractivity contribution in [3.63, 3.8) is 0 Å². The molecule has 0 saturated heterocycles. The summed E-state index contributed by atoms with van der Waals surface area (Å²) >= 11 is 5.04. The van der Waals surface area contributed by atoms with Gasteiger partial charge in [-0.3, -0.25) is 4.79 Å². The Morgan fingerprint density at radius 2 is 1.95 bits per heavy atom. The van der Waals surface area contributed by atoms with Gasteiger partial charge in [-0.05, 0) is 39.8 Å². The number of nitrogens with one attached hydrogen (secondary N) is 1. The van der Waals surface area contributed by atoms with Gasteiger partial charge in [-0.1, -0.05) is 33.0 Å². The first kappa shape index (κ1) is 18.3. The van der Waals surface area contributed by atoms with Crippen molar-refractivity contribution in [1.29, 1.82) is 0 Å². The predicted octanol–water partition coefficient (Wildman–Crippen LogP) is 1.78. The van der Waals surface area contributed by atoms with Gasteiger partial charge in [0.2, 0.25) is 5.91 Å². The third-order valence-corrected chi connectivity index (χ3v) is 3.88. The second-order valence-electron chi connectivity index (χ2n) is 6.11. The Kier molecular flexibility index (Phi) is 7.52. The minimum atomic E-state index is -0.753. The van der Waals surface area contributed by atoms with Crippen molar-refractivity contribution >= 4 is 23.1 Å². The number of rotatable bonds is 8. The van der Waals surface area contributed by atoms with Gasteiger partial charge in [0.25, 0.3) is 0 Å². The van der Waals surface area contributed by atoms with Crippen LogP contribution < -0.4 is 11.1 Å². The number of likely N-dealkylation sites (N-methyl/N-ethyl adjacent to an activating group) is 1. The minimum absolute atomic E-state index is 0.0602.